The average Bonchev–Trinajstić information content (AvgIpc) is 2.88. The van der Waals surface area contributed by atoms with Crippen LogP contribution in [0.3, 0.4) is 0 Å². The van der Waals surface area contributed by atoms with Gasteiger partial charge in [0, 0.05) is 11.4 Å². The van der Waals surface area contributed by atoms with Crippen LogP contribution < -0.4 is 10.6 Å². The van der Waals surface area contributed by atoms with Crippen LogP contribution in [-0.2, 0) is 0 Å². The largest absolute Gasteiger partial charge is 0.309 e. The zero-order valence-corrected chi connectivity index (χ0v) is 11.6. The molecule has 2 aromatic rings. The van der Waals surface area contributed by atoms with E-state index in [1.165, 1.54) is 23.7 Å². The maximum Gasteiger partial charge on any atom is 0.259 e. The molecule has 0 bridgehead atoms. The van der Waals surface area contributed by atoms with Crippen molar-refractivity contribution in [1.82, 2.24) is 20.5 Å². The summed E-state index contributed by atoms with van der Waals surface area (Å²) in [6.07, 6.45) is 2.90. The highest BCUT2D eigenvalue weighted by Crippen LogP contribution is 2.20. The second-order valence-corrected chi connectivity index (χ2v) is 4.80. The molecular formula is C12H15N5OS. The number of amides is 1. The lowest BCUT2D eigenvalue weighted by Crippen LogP contribution is -2.18. The monoisotopic (exact) mass is 277 g/mol. The minimum absolute atomic E-state index is 0.175. The van der Waals surface area contributed by atoms with E-state index in [9.17, 15) is 4.79 Å². The molecule has 2 heterocycles. The van der Waals surface area contributed by atoms with Crippen molar-refractivity contribution in [2.24, 2.45) is 0 Å². The summed E-state index contributed by atoms with van der Waals surface area (Å²) in [7, 11) is 0. The van der Waals surface area contributed by atoms with Gasteiger partial charge in [0.05, 0.1) is 23.7 Å². The summed E-state index contributed by atoms with van der Waals surface area (Å²) < 4.78 is 0. The fourth-order valence-electron chi connectivity index (χ4n) is 1.55. The first-order chi connectivity index (χ1) is 9.20. The summed E-state index contributed by atoms with van der Waals surface area (Å²) in [5.41, 5.74) is 1.39. The molecule has 0 saturated carbocycles. The van der Waals surface area contributed by atoms with Gasteiger partial charge in [0.25, 0.3) is 5.91 Å². The zero-order chi connectivity index (χ0) is 13.7. The highest BCUT2D eigenvalue weighted by atomic mass is 32.1. The Balaban J connectivity index is 2.02. The number of hydrogen-bond acceptors (Lipinski definition) is 6. The molecule has 2 rings (SSSR count). The van der Waals surface area contributed by atoms with Gasteiger partial charge < -0.3 is 5.32 Å². The standard InChI is InChI=1S/C12H15N5OS/c1-3-13-8(2)10-7-19-12(16-10)17-11(18)9-4-5-14-15-6-9/h4-8,13H,3H2,1-2H3,(H,16,17,18). The van der Waals surface area contributed by atoms with Crippen LogP contribution in [0.25, 0.3) is 0 Å². The minimum Gasteiger partial charge on any atom is -0.309 e. The lowest BCUT2D eigenvalue weighted by Gasteiger charge is -2.08. The van der Waals surface area contributed by atoms with Crippen LogP contribution in [0.1, 0.15) is 35.9 Å². The molecule has 0 aliphatic carbocycles. The molecule has 1 atom stereocenters. The zero-order valence-electron chi connectivity index (χ0n) is 10.8. The fourth-order valence-corrected chi connectivity index (χ4v) is 2.35. The number of carbonyl (C=O) groups excluding carboxylic acids is 1. The van der Waals surface area contributed by atoms with Gasteiger partial charge in [0.2, 0.25) is 0 Å². The van der Waals surface area contributed by atoms with Crippen molar-refractivity contribution in [2.75, 3.05) is 11.9 Å². The second-order valence-electron chi connectivity index (χ2n) is 3.94. The second kappa shape index (κ2) is 6.35. The van der Waals surface area contributed by atoms with E-state index in [0.717, 1.165) is 12.2 Å². The minimum atomic E-state index is -0.230. The van der Waals surface area contributed by atoms with E-state index in [0.29, 0.717) is 10.7 Å². The van der Waals surface area contributed by atoms with Crippen molar-refractivity contribution in [3.63, 3.8) is 0 Å². The van der Waals surface area contributed by atoms with Gasteiger partial charge in [-0.2, -0.15) is 10.2 Å². The Kier molecular flexibility index (Phi) is 4.53. The first-order valence-corrected chi connectivity index (χ1v) is 6.85. The summed E-state index contributed by atoms with van der Waals surface area (Å²) in [5.74, 6) is -0.230. The lowest BCUT2D eigenvalue weighted by atomic mass is 10.2. The predicted molar refractivity (Wildman–Crippen MR) is 74.2 cm³/mol. The molecule has 0 spiro atoms. The fraction of sp³-hybridized carbons (Fsp3) is 0.333. The molecule has 19 heavy (non-hydrogen) atoms. The Morgan fingerprint density at radius 3 is 3.00 bits per heavy atom. The molecule has 1 unspecified atom stereocenters. The van der Waals surface area contributed by atoms with Crippen molar-refractivity contribution in [3.8, 4) is 0 Å². The summed E-state index contributed by atoms with van der Waals surface area (Å²) in [4.78, 5) is 16.3. The van der Waals surface area contributed by atoms with Crippen LogP contribution in [-0.4, -0.2) is 27.6 Å². The summed E-state index contributed by atoms with van der Waals surface area (Å²) >= 11 is 1.41. The van der Waals surface area contributed by atoms with Crippen molar-refractivity contribution in [1.29, 1.82) is 0 Å². The van der Waals surface area contributed by atoms with Crippen LogP contribution in [0.15, 0.2) is 23.8 Å². The molecule has 100 valence electrons. The van der Waals surface area contributed by atoms with Gasteiger partial charge in [-0.05, 0) is 19.5 Å². The SMILES string of the molecule is CCNC(C)c1csc(NC(=O)c2ccnnc2)n1. The molecule has 2 aromatic heterocycles. The number of hydrogen-bond donors (Lipinski definition) is 2. The number of nitrogens with one attached hydrogen (secondary N) is 2. The summed E-state index contributed by atoms with van der Waals surface area (Å²) in [6.45, 7) is 4.96. The normalized spacial score (nSPS) is 12.1. The number of nitrogens with zero attached hydrogens (tertiary/aromatic N) is 3. The van der Waals surface area contributed by atoms with Gasteiger partial charge in [0.1, 0.15) is 0 Å². The van der Waals surface area contributed by atoms with E-state index in [-0.39, 0.29) is 11.9 Å². The van der Waals surface area contributed by atoms with Gasteiger partial charge in [-0.25, -0.2) is 4.98 Å². The van der Waals surface area contributed by atoms with Crippen LogP contribution >= 0.6 is 11.3 Å². The Morgan fingerprint density at radius 1 is 1.47 bits per heavy atom. The molecule has 0 fully saturated rings. The van der Waals surface area contributed by atoms with E-state index < -0.39 is 0 Å². The molecule has 0 saturated heterocycles. The van der Waals surface area contributed by atoms with Crippen molar-refractivity contribution >= 4 is 22.4 Å². The van der Waals surface area contributed by atoms with E-state index in [1.807, 2.05) is 19.2 Å². The molecule has 0 radical (unpaired) electrons. The first kappa shape index (κ1) is 13.6. The number of anilines is 1. The number of thiazole rings is 1. The molecule has 1 amide bonds. The lowest BCUT2D eigenvalue weighted by molar-refractivity contribution is 0.102. The first-order valence-electron chi connectivity index (χ1n) is 5.97. The maximum absolute atomic E-state index is 11.9. The van der Waals surface area contributed by atoms with E-state index in [2.05, 4.69) is 25.8 Å². The number of rotatable bonds is 5. The van der Waals surface area contributed by atoms with Crippen molar-refractivity contribution in [2.45, 2.75) is 19.9 Å². The van der Waals surface area contributed by atoms with Crippen molar-refractivity contribution < 1.29 is 4.79 Å². The van der Waals surface area contributed by atoms with Gasteiger partial charge in [-0.3, -0.25) is 10.1 Å². The summed E-state index contributed by atoms with van der Waals surface area (Å²) in [5, 5.41) is 15.8. The number of aromatic nitrogens is 3. The molecule has 0 aliphatic rings. The predicted octanol–water partition coefficient (Wildman–Crippen LogP) is 1.86. The quantitative estimate of drug-likeness (QED) is 0.872. The molecule has 0 aromatic carbocycles. The van der Waals surface area contributed by atoms with E-state index >= 15 is 0 Å². The Labute approximate surface area is 115 Å². The maximum atomic E-state index is 11.9. The van der Waals surface area contributed by atoms with Crippen molar-refractivity contribution in [3.05, 3.63) is 35.1 Å². The smallest absolute Gasteiger partial charge is 0.259 e. The van der Waals surface area contributed by atoms with E-state index in [1.54, 1.807) is 6.07 Å². The van der Waals surface area contributed by atoms with E-state index in [4.69, 9.17) is 0 Å². The molecule has 0 aliphatic heterocycles. The van der Waals surface area contributed by atoms with Gasteiger partial charge in [0.15, 0.2) is 5.13 Å². The van der Waals surface area contributed by atoms with Crippen LogP contribution in [0.2, 0.25) is 0 Å². The highest BCUT2D eigenvalue weighted by Gasteiger charge is 2.12. The summed E-state index contributed by atoms with van der Waals surface area (Å²) in [6, 6.07) is 1.78. The third kappa shape index (κ3) is 3.55. The van der Waals surface area contributed by atoms with Crippen LogP contribution in [0.4, 0.5) is 5.13 Å². The topological polar surface area (TPSA) is 79.8 Å². The van der Waals surface area contributed by atoms with Gasteiger partial charge >= 0.3 is 0 Å². The van der Waals surface area contributed by atoms with Gasteiger partial charge in [-0.1, -0.05) is 6.92 Å². The Morgan fingerprint density at radius 2 is 2.32 bits per heavy atom. The van der Waals surface area contributed by atoms with Crippen LogP contribution in [0.5, 0.6) is 0 Å². The average molecular weight is 277 g/mol. The third-order valence-electron chi connectivity index (χ3n) is 2.54. The highest BCUT2D eigenvalue weighted by molar-refractivity contribution is 7.14. The third-order valence-corrected chi connectivity index (χ3v) is 3.32. The molecular weight excluding hydrogens is 262 g/mol. The van der Waals surface area contributed by atoms with Crippen LogP contribution in [0, 0.1) is 0 Å². The van der Waals surface area contributed by atoms with Gasteiger partial charge in [-0.15, -0.1) is 11.3 Å². The molecule has 2 N–H and O–H groups in total. The number of carbonyl (C=O) groups is 1. The Hall–Kier alpha value is -1.86. The Bertz CT molecular complexity index is 542. The molecule has 6 nitrogen and oxygen atoms in total. The molecule has 7 heteroatoms.